The molecule has 8 nitrogen and oxygen atoms in total. The number of aliphatic hydroxyl groups is 1. The van der Waals surface area contributed by atoms with Crippen molar-refractivity contribution in [3.05, 3.63) is 11.8 Å². The third-order valence-corrected chi connectivity index (χ3v) is 7.03. The van der Waals surface area contributed by atoms with Gasteiger partial charge in [-0.05, 0) is 64.2 Å². The Hall–Kier alpha value is -1.93. The number of hydrogen-bond donors (Lipinski definition) is 4. The van der Waals surface area contributed by atoms with Gasteiger partial charge in [-0.15, -0.1) is 0 Å². The average molecular weight is 390 g/mol. The molecule has 4 fully saturated rings. The number of carbonyl (C=O) groups is 1. The molecule has 0 aromatic carbocycles. The highest BCUT2D eigenvalue weighted by molar-refractivity contribution is 5.97. The SMILES string of the molecule is COC12CCC(Nc3ncc(C(N)=O)c(N[C@@H]4CCC[C@H](O)C4)n3)(CC1)CC2. The topological polar surface area (TPSA) is 122 Å². The van der Waals surface area contributed by atoms with E-state index in [1.807, 2.05) is 7.11 Å². The van der Waals surface area contributed by atoms with Crippen molar-refractivity contribution in [3.8, 4) is 0 Å². The van der Waals surface area contributed by atoms with Gasteiger partial charge in [-0.2, -0.15) is 4.98 Å². The maximum atomic E-state index is 11.8. The molecule has 4 aliphatic carbocycles. The Morgan fingerprint density at radius 3 is 2.57 bits per heavy atom. The number of aromatic nitrogens is 2. The van der Waals surface area contributed by atoms with E-state index in [1.165, 1.54) is 6.20 Å². The summed E-state index contributed by atoms with van der Waals surface area (Å²) in [4.78, 5) is 20.8. The van der Waals surface area contributed by atoms with Crippen LogP contribution < -0.4 is 16.4 Å². The monoisotopic (exact) mass is 389 g/mol. The predicted octanol–water partition coefficient (Wildman–Crippen LogP) is 2.19. The van der Waals surface area contributed by atoms with Crippen LogP contribution in [0.5, 0.6) is 0 Å². The summed E-state index contributed by atoms with van der Waals surface area (Å²) in [6.07, 6.45) is 10.8. The minimum absolute atomic E-state index is 0.00712. The summed E-state index contributed by atoms with van der Waals surface area (Å²) in [6, 6.07) is 0.0782. The van der Waals surface area contributed by atoms with Crippen molar-refractivity contribution in [1.82, 2.24) is 9.97 Å². The van der Waals surface area contributed by atoms with Crippen LogP contribution in [0.15, 0.2) is 6.20 Å². The molecule has 1 aromatic rings. The molecule has 1 aromatic heterocycles. The first-order valence-corrected chi connectivity index (χ1v) is 10.4. The lowest BCUT2D eigenvalue weighted by Gasteiger charge is -2.52. The van der Waals surface area contributed by atoms with Crippen molar-refractivity contribution < 1.29 is 14.6 Å². The molecule has 5 rings (SSSR count). The second kappa shape index (κ2) is 7.48. The number of fused-ring (bicyclic) bond motifs is 3. The lowest BCUT2D eigenvalue weighted by molar-refractivity contribution is -0.0891. The smallest absolute Gasteiger partial charge is 0.254 e. The molecule has 0 spiro atoms. The van der Waals surface area contributed by atoms with Gasteiger partial charge in [0.05, 0.1) is 17.3 Å². The number of rotatable bonds is 6. The van der Waals surface area contributed by atoms with Crippen molar-refractivity contribution in [2.45, 2.75) is 87.5 Å². The molecule has 4 saturated carbocycles. The minimum atomic E-state index is -0.552. The number of carbonyl (C=O) groups excluding carboxylic acids is 1. The summed E-state index contributed by atoms with van der Waals surface area (Å²) < 4.78 is 5.77. The highest BCUT2D eigenvalue weighted by atomic mass is 16.5. The maximum absolute atomic E-state index is 11.8. The molecule has 0 unspecified atom stereocenters. The van der Waals surface area contributed by atoms with E-state index in [-0.39, 0.29) is 28.8 Å². The molecule has 2 bridgehead atoms. The molecule has 4 aliphatic rings. The lowest BCUT2D eigenvalue weighted by atomic mass is 9.63. The van der Waals surface area contributed by atoms with Gasteiger partial charge < -0.3 is 26.2 Å². The van der Waals surface area contributed by atoms with Crippen LogP contribution in [0.25, 0.3) is 0 Å². The predicted molar refractivity (Wildman–Crippen MR) is 106 cm³/mol. The number of hydrogen-bond acceptors (Lipinski definition) is 7. The Morgan fingerprint density at radius 2 is 1.96 bits per heavy atom. The van der Waals surface area contributed by atoms with Crippen LogP contribution in [-0.2, 0) is 4.74 Å². The summed E-state index contributed by atoms with van der Waals surface area (Å²) in [5.41, 5.74) is 5.86. The first kappa shape index (κ1) is 19.4. The van der Waals surface area contributed by atoms with Crippen molar-refractivity contribution in [3.63, 3.8) is 0 Å². The number of methoxy groups -OCH3 is 1. The molecule has 154 valence electrons. The first-order valence-electron chi connectivity index (χ1n) is 10.4. The van der Waals surface area contributed by atoms with Gasteiger partial charge in [0.25, 0.3) is 5.91 Å². The zero-order valence-corrected chi connectivity index (χ0v) is 16.5. The van der Waals surface area contributed by atoms with Crippen LogP contribution in [0, 0.1) is 0 Å². The van der Waals surface area contributed by atoms with Crippen LogP contribution >= 0.6 is 0 Å². The van der Waals surface area contributed by atoms with E-state index in [1.54, 1.807) is 0 Å². The van der Waals surface area contributed by atoms with Gasteiger partial charge >= 0.3 is 0 Å². The van der Waals surface area contributed by atoms with E-state index < -0.39 is 5.91 Å². The van der Waals surface area contributed by atoms with Gasteiger partial charge in [0.2, 0.25) is 5.95 Å². The minimum Gasteiger partial charge on any atom is -0.393 e. The second-order valence-corrected chi connectivity index (χ2v) is 8.77. The van der Waals surface area contributed by atoms with Crippen LogP contribution in [0.3, 0.4) is 0 Å². The van der Waals surface area contributed by atoms with E-state index >= 15 is 0 Å². The van der Waals surface area contributed by atoms with Gasteiger partial charge in [-0.25, -0.2) is 4.98 Å². The van der Waals surface area contributed by atoms with Gasteiger partial charge in [0.1, 0.15) is 5.82 Å². The average Bonchev–Trinajstić information content (AvgIpc) is 2.69. The molecule has 28 heavy (non-hydrogen) atoms. The summed E-state index contributed by atoms with van der Waals surface area (Å²) in [6.45, 7) is 0. The molecule has 1 amide bonds. The molecule has 0 saturated heterocycles. The highest BCUT2D eigenvalue weighted by Gasteiger charge is 2.49. The van der Waals surface area contributed by atoms with Gasteiger partial charge in [0, 0.05) is 24.9 Å². The number of nitrogens with two attached hydrogens (primary N) is 1. The van der Waals surface area contributed by atoms with Crippen LogP contribution in [0.4, 0.5) is 11.8 Å². The zero-order valence-electron chi connectivity index (χ0n) is 16.5. The second-order valence-electron chi connectivity index (χ2n) is 8.77. The van der Waals surface area contributed by atoms with E-state index in [4.69, 9.17) is 10.5 Å². The van der Waals surface area contributed by atoms with Crippen molar-refractivity contribution in [2.24, 2.45) is 5.73 Å². The number of nitrogens with zero attached hydrogens (tertiary/aromatic N) is 2. The number of nitrogens with one attached hydrogen (secondary N) is 2. The van der Waals surface area contributed by atoms with Gasteiger partial charge in [-0.1, -0.05) is 0 Å². The summed E-state index contributed by atoms with van der Waals surface area (Å²) in [7, 11) is 1.82. The van der Waals surface area contributed by atoms with Gasteiger partial charge in [-0.3, -0.25) is 4.79 Å². The Balaban J connectivity index is 1.51. The standard InChI is InChI=1S/C20H31N5O3/c1-28-20-8-5-19(6-9-20,7-10-20)25-18-22-12-15(16(21)27)17(24-18)23-13-3-2-4-14(26)11-13/h12-14,26H,2-11H2,1H3,(H2,21,27)(H2,22,23,24,25)/t13-,14+,19?,20?/m1/s1. The molecule has 0 aliphatic heterocycles. The number of ether oxygens (including phenoxy) is 1. The number of primary amides is 1. The van der Waals surface area contributed by atoms with Crippen molar-refractivity contribution >= 4 is 17.7 Å². The Kier molecular flexibility index (Phi) is 5.18. The zero-order chi connectivity index (χ0) is 19.8. The molecule has 0 radical (unpaired) electrons. The van der Waals surface area contributed by atoms with E-state index in [9.17, 15) is 9.90 Å². The fourth-order valence-electron chi connectivity index (χ4n) is 5.10. The normalized spacial score (nSPS) is 34.8. The molecular weight excluding hydrogens is 358 g/mol. The molecular formula is C20H31N5O3. The van der Waals surface area contributed by atoms with E-state index in [0.717, 1.165) is 57.8 Å². The largest absolute Gasteiger partial charge is 0.393 e. The fourth-order valence-corrected chi connectivity index (χ4v) is 5.10. The highest BCUT2D eigenvalue weighted by Crippen LogP contribution is 2.49. The van der Waals surface area contributed by atoms with Gasteiger partial charge in [0.15, 0.2) is 0 Å². The van der Waals surface area contributed by atoms with Crippen LogP contribution in [0.1, 0.15) is 74.6 Å². The van der Waals surface area contributed by atoms with Crippen LogP contribution in [-0.4, -0.2) is 51.4 Å². The molecule has 5 N–H and O–H groups in total. The third kappa shape index (κ3) is 3.80. The summed E-state index contributed by atoms with van der Waals surface area (Å²) in [5.74, 6) is 0.429. The van der Waals surface area contributed by atoms with Crippen molar-refractivity contribution in [2.75, 3.05) is 17.7 Å². The number of amides is 1. The van der Waals surface area contributed by atoms with Crippen molar-refractivity contribution in [1.29, 1.82) is 0 Å². The number of anilines is 2. The number of aliphatic hydroxyl groups excluding tert-OH is 1. The maximum Gasteiger partial charge on any atom is 0.254 e. The Bertz CT molecular complexity index is 716. The molecule has 2 atom stereocenters. The lowest BCUT2D eigenvalue weighted by Crippen LogP contribution is -2.54. The Morgan fingerprint density at radius 1 is 1.25 bits per heavy atom. The quantitative estimate of drug-likeness (QED) is 0.588. The van der Waals surface area contributed by atoms with E-state index in [0.29, 0.717) is 18.2 Å². The van der Waals surface area contributed by atoms with E-state index in [2.05, 4.69) is 20.6 Å². The summed E-state index contributed by atoms with van der Waals surface area (Å²) in [5, 5.41) is 16.8. The fraction of sp³-hybridized carbons (Fsp3) is 0.750. The third-order valence-electron chi connectivity index (χ3n) is 7.03. The van der Waals surface area contributed by atoms with Crippen LogP contribution in [0.2, 0.25) is 0 Å². The molecule has 8 heteroatoms. The summed E-state index contributed by atoms with van der Waals surface area (Å²) >= 11 is 0. The molecule has 1 heterocycles. The first-order chi connectivity index (χ1) is 13.4. The Labute approximate surface area is 165 Å².